The Morgan fingerprint density at radius 2 is 1.58 bits per heavy atom. The number of rotatable bonds is 8. The molecule has 0 unspecified atom stereocenters. The van der Waals surface area contributed by atoms with E-state index in [-0.39, 0.29) is 28.4 Å². The predicted molar refractivity (Wildman–Crippen MR) is 118 cm³/mol. The molecule has 0 fully saturated rings. The van der Waals surface area contributed by atoms with Crippen LogP contribution in [0.2, 0.25) is 5.02 Å². The van der Waals surface area contributed by atoms with E-state index < -0.39 is 27.9 Å². The molecule has 0 aromatic heterocycles. The number of sulfonamides is 1. The van der Waals surface area contributed by atoms with Crippen molar-refractivity contribution in [3.05, 3.63) is 47.0 Å². The summed E-state index contributed by atoms with van der Waals surface area (Å²) in [6, 6.07) is 7.61. The number of carbonyl (C=O) groups excluding carboxylic acids is 2. The Hall–Kier alpha value is -2.98. The molecule has 2 aromatic rings. The molecule has 0 radical (unpaired) electrons. The largest absolute Gasteiger partial charge is 0.493 e. The van der Waals surface area contributed by atoms with Crippen molar-refractivity contribution >= 4 is 44.9 Å². The van der Waals surface area contributed by atoms with E-state index in [9.17, 15) is 18.0 Å². The van der Waals surface area contributed by atoms with Crippen molar-refractivity contribution in [1.82, 2.24) is 0 Å². The Morgan fingerprint density at radius 1 is 1.03 bits per heavy atom. The summed E-state index contributed by atoms with van der Waals surface area (Å²) in [5.74, 6) is -0.886. The molecule has 31 heavy (non-hydrogen) atoms. The van der Waals surface area contributed by atoms with Crippen LogP contribution in [0.15, 0.2) is 36.4 Å². The number of nitrogens with one attached hydrogen (secondary N) is 1. The Morgan fingerprint density at radius 3 is 2.06 bits per heavy atom. The van der Waals surface area contributed by atoms with E-state index in [1.54, 1.807) is 0 Å². The maximum atomic E-state index is 13.0. The number of esters is 1. The van der Waals surface area contributed by atoms with Crippen molar-refractivity contribution in [3.8, 4) is 11.5 Å². The molecule has 0 aliphatic rings. The molecule has 1 N–H and O–H groups in total. The van der Waals surface area contributed by atoms with E-state index in [4.69, 9.17) is 25.8 Å². The molecular weight excluding hydrogens is 448 g/mol. The summed E-state index contributed by atoms with van der Waals surface area (Å²) in [5, 5.41) is 3.00. The fourth-order valence-electron chi connectivity index (χ4n) is 2.90. The van der Waals surface area contributed by atoms with Gasteiger partial charge in [-0.2, -0.15) is 0 Å². The zero-order valence-electron chi connectivity index (χ0n) is 17.6. The molecule has 1 amide bonds. The highest BCUT2D eigenvalue weighted by atomic mass is 35.5. The van der Waals surface area contributed by atoms with Gasteiger partial charge in [-0.3, -0.25) is 9.10 Å². The smallest absolute Gasteiger partial charge is 0.340 e. The molecule has 2 rings (SSSR count). The lowest BCUT2D eigenvalue weighted by atomic mass is 10.1. The van der Waals surface area contributed by atoms with Crippen LogP contribution < -0.4 is 19.1 Å². The number of carbonyl (C=O) groups is 2. The number of benzene rings is 2. The highest BCUT2D eigenvalue weighted by Crippen LogP contribution is 2.34. The second kappa shape index (κ2) is 9.88. The van der Waals surface area contributed by atoms with Gasteiger partial charge in [-0.15, -0.1) is 0 Å². The Kier molecular flexibility index (Phi) is 7.75. The minimum Gasteiger partial charge on any atom is -0.493 e. The third-order valence-corrected chi connectivity index (χ3v) is 5.85. The Labute approximate surface area is 185 Å². The van der Waals surface area contributed by atoms with E-state index >= 15 is 0 Å². The van der Waals surface area contributed by atoms with Gasteiger partial charge >= 0.3 is 5.97 Å². The van der Waals surface area contributed by atoms with Gasteiger partial charge in [-0.25, -0.2) is 13.2 Å². The fourth-order valence-corrected chi connectivity index (χ4v) is 4.20. The lowest BCUT2D eigenvalue weighted by molar-refractivity contribution is -0.116. The second-order valence-electron chi connectivity index (χ2n) is 6.44. The van der Waals surface area contributed by atoms with Gasteiger partial charge < -0.3 is 19.5 Å². The summed E-state index contributed by atoms with van der Waals surface area (Å²) in [5.41, 5.74) is 0.346. The van der Waals surface area contributed by atoms with Crippen molar-refractivity contribution in [3.63, 3.8) is 0 Å². The van der Waals surface area contributed by atoms with Crippen molar-refractivity contribution < 1.29 is 32.2 Å². The quantitative estimate of drug-likeness (QED) is 0.590. The van der Waals surface area contributed by atoms with E-state index in [1.807, 2.05) is 0 Å². The van der Waals surface area contributed by atoms with Gasteiger partial charge in [0.05, 0.1) is 44.5 Å². The van der Waals surface area contributed by atoms with Gasteiger partial charge in [-0.05, 0) is 31.2 Å². The lowest BCUT2D eigenvalue weighted by Gasteiger charge is -2.28. The number of anilines is 2. The summed E-state index contributed by atoms with van der Waals surface area (Å²) in [7, 11) is 0.162. The van der Waals surface area contributed by atoms with Gasteiger partial charge in [0.15, 0.2) is 11.5 Å². The van der Waals surface area contributed by atoms with E-state index in [1.165, 1.54) is 64.7 Å². The maximum absolute atomic E-state index is 13.0. The van der Waals surface area contributed by atoms with E-state index in [2.05, 4.69) is 5.32 Å². The first-order chi connectivity index (χ1) is 14.5. The summed E-state index contributed by atoms with van der Waals surface area (Å²) < 4.78 is 41.0. The molecule has 0 saturated carbocycles. The second-order valence-corrected chi connectivity index (χ2v) is 8.74. The number of hydrogen-bond acceptors (Lipinski definition) is 7. The summed E-state index contributed by atoms with van der Waals surface area (Å²) in [6.07, 6.45) is 0.988. The Bertz CT molecular complexity index is 1070. The first-order valence-electron chi connectivity index (χ1n) is 8.93. The summed E-state index contributed by atoms with van der Waals surface area (Å²) in [4.78, 5) is 25.2. The molecule has 168 valence electrons. The van der Waals surface area contributed by atoms with Crippen LogP contribution >= 0.6 is 11.6 Å². The van der Waals surface area contributed by atoms with Crippen LogP contribution in [0, 0.1) is 0 Å². The topological polar surface area (TPSA) is 111 Å². The van der Waals surface area contributed by atoms with Crippen LogP contribution in [-0.2, 0) is 19.6 Å². The molecule has 0 aliphatic heterocycles. The molecule has 0 spiro atoms. The monoisotopic (exact) mass is 470 g/mol. The first kappa shape index (κ1) is 24.3. The highest BCUT2D eigenvalue weighted by Gasteiger charge is 2.30. The molecular formula is C20H23ClN2O7S. The third kappa shape index (κ3) is 5.59. The molecule has 1 atom stereocenters. The third-order valence-electron chi connectivity index (χ3n) is 4.36. The molecule has 2 aromatic carbocycles. The van der Waals surface area contributed by atoms with Gasteiger partial charge in [0.1, 0.15) is 6.04 Å². The number of amides is 1. The average molecular weight is 471 g/mol. The normalized spacial score (nSPS) is 11.9. The zero-order chi connectivity index (χ0) is 23.3. The molecule has 0 bridgehead atoms. The van der Waals surface area contributed by atoms with Gasteiger partial charge in [0.2, 0.25) is 15.9 Å². The minimum absolute atomic E-state index is 0.0121. The van der Waals surface area contributed by atoms with Crippen LogP contribution in [0.1, 0.15) is 17.3 Å². The van der Waals surface area contributed by atoms with Crippen molar-refractivity contribution in [2.45, 2.75) is 13.0 Å². The molecule has 0 aliphatic carbocycles. The van der Waals surface area contributed by atoms with Crippen molar-refractivity contribution in [2.75, 3.05) is 37.2 Å². The SMILES string of the molecule is COC(=O)c1cc(OC)c(OC)cc1NC(=O)[C@H](C)N(c1ccc(Cl)cc1)S(C)(=O)=O. The number of hydrogen-bond donors (Lipinski definition) is 1. The molecule has 9 nitrogen and oxygen atoms in total. The van der Waals surface area contributed by atoms with Crippen molar-refractivity contribution in [2.24, 2.45) is 0 Å². The number of nitrogens with zero attached hydrogens (tertiary/aromatic N) is 1. The zero-order valence-corrected chi connectivity index (χ0v) is 19.2. The van der Waals surface area contributed by atoms with Gasteiger partial charge in [0.25, 0.3) is 0 Å². The van der Waals surface area contributed by atoms with Crippen LogP contribution in [-0.4, -0.2) is 53.9 Å². The van der Waals surface area contributed by atoms with Crippen LogP contribution in [0.5, 0.6) is 11.5 Å². The van der Waals surface area contributed by atoms with Crippen molar-refractivity contribution in [1.29, 1.82) is 0 Å². The first-order valence-corrected chi connectivity index (χ1v) is 11.2. The summed E-state index contributed by atoms with van der Waals surface area (Å²) >= 11 is 5.88. The maximum Gasteiger partial charge on any atom is 0.340 e. The lowest BCUT2D eigenvalue weighted by Crippen LogP contribution is -2.45. The predicted octanol–water partition coefficient (Wildman–Crippen LogP) is 2.94. The van der Waals surface area contributed by atoms with Crippen LogP contribution in [0.3, 0.4) is 0 Å². The number of halogens is 1. The van der Waals surface area contributed by atoms with Crippen LogP contribution in [0.4, 0.5) is 11.4 Å². The number of ether oxygens (including phenoxy) is 3. The Balaban J connectivity index is 2.46. The standard InChI is InChI=1S/C20H23ClN2O7S/c1-12(23(31(5,26)27)14-8-6-13(21)7-9-14)19(24)22-16-11-18(29-3)17(28-2)10-15(16)20(25)30-4/h6-12H,1-5H3,(H,22,24)/t12-/m0/s1. The fraction of sp³-hybridized carbons (Fsp3) is 0.300. The van der Waals surface area contributed by atoms with E-state index in [0.29, 0.717) is 5.02 Å². The van der Waals surface area contributed by atoms with Crippen LogP contribution in [0.25, 0.3) is 0 Å². The molecule has 11 heteroatoms. The summed E-state index contributed by atoms with van der Waals surface area (Å²) in [6.45, 7) is 1.42. The van der Waals surface area contributed by atoms with E-state index in [0.717, 1.165) is 10.6 Å². The molecule has 0 saturated heterocycles. The van der Waals surface area contributed by atoms with Gasteiger partial charge in [-0.1, -0.05) is 11.6 Å². The number of methoxy groups -OCH3 is 3. The molecule has 0 heterocycles. The average Bonchev–Trinajstić information content (AvgIpc) is 2.73. The van der Waals surface area contributed by atoms with Gasteiger partial charge in [0, 0.05) is 17.2 Å². The highest BCUT2D eigenvalue weighted by molar-refractivity contribution is 7.92. The minimum atomic E-state index is -3.83.